The number of halogens is 1. The summed E-state index contributed by atoms with van der Waals surface area (Å²) in [6, 6.07) is 2.81. The molecule has 1 atom stereocenters. The minimum atomic E-state index is -0.538. The maximum Gasteiger partial charge on any atom is 0.291 e. The van der Waals surface area contributed by atoms with Gasteiger partial charge in [-0.05, 0) is 12.1 Å². The highest BCUT2D eigenvalue weighted by Gasteiger charge is 2.22. The SMILES string of the molecule is C=CC1CNc2cc(Cl)c([N+](=O)[O-])cc2O1. The van der Waals surface area contributed by atoms with Gasteiger partial charge in [0.15, 0.2) is 0 Å². The Morgan fingerprint density at radius 3 is 3.06 bits per heavy atom. The lowest BCUT2D eigenvalue weighted by Crippen LogP contribution is -2.28. The van der Waals surface area contributed by atoms with E-state index in [9.17, 15) is 10.1 Å². The molecule has 1 aliphatic rings. The van der Waals surface area contributed by atoms with Crippen LogP contribution < -0.4 is 10.1 Å². The van der Waals surface area contributed by atoms with E-state index in [1.54, 1.807) is 6.08 Å². The van der Waals surface area contributed by atoms with E-state index in [0.717, 1.165) is 0 Å². The van der Waals surface area contributed by atoms with Gasteiger partial charge in [0, 0.05) is 0 Å². The third kappa shape index (κ3) is 1.81. The lowest BCUT2D eigenvalue weighted by molar-refractivity contribution is -0.384. The van der Waals surface area contributed by atoms with Crippen molar-refractivity contribution in [2.75, 3.05) is 11.9 Å². The molecule has 0 aliphatic carbocycles. The van der Waals surface area contributed by atoms with E-state index < -0.39 is 4.92 Å². The van der Waals surface area contributed by atoms with Crippen molar-refractivity contribution in [3.63, 3.8) is 0 Å². The highest BCUT2D eigenvalue weighted by Crippen LogP contribution is 2.38. The van der Waals surface area contributed by atoms with E-state index >= 15 is 0 Å². The lowest BCUT2D eigenvalue weighted by atomic mass is 10.2. The molecule has 1 unspecified atom stereocenters. The van der Waals surface area contributed by atoms with Crippen LogP contribution in [-0.4, -0.2) is 17.6 Å². The van der Waals surface area contributed by atoms with E-state index in [0.29, 0.717) is 18.0 Å². The van der Waals surface area contributed by atoms with Gasteiger partial charge in [-0.2, -0.15) is 0 Å². The van der Waals surface area contributed by atoms with E-state index in [1.807, 2.05) is 0 Å². The van der Waals surface area contributed by atoms with Gasteiger partial charge in [0.2, 0.25) is 0 Å². The number of rotatable bonds is 2. The first-order valence-electron chi connectivity index (χ1n) is 4.63. The molecule has 1 aromatic rings. The summed E-state index contributed by atoms with van der Waals surface area (Å²) in [5.41, 5.74) is 0.501. The van der Waals surface area contributed by atoms with Crippen molar-refractivity contribution in [2.24, 2.45) is 0 Å². The molecule has 6 heteroatoms. The van der Waals surface area contributed by atoms with Crippen LogP contribution in [0.2, 0.25) is 5.02 Å². The zero-order valence-electron chi connectivity index (χ0n) is 8.27. The van der Waals surface area contributed by atoms with Gasteiger partial charge in [0.1, 0.15) is 16.9 Å². The fourth-order valence-corrected chi connectivity index (χ4v) is 1.70. The Morgan fingerprint density at radius 1 is 1.69 bits per heavy atom. The number of benzene rings is 1. The zero-order valence-corrected chi connectivity index (χ0v) is 9.03. The second-order valence-corrected chi connectivity index (χ2v) is 3.74. The fraction of sp³-hybridized carbons (Fsp3) is 0.200. The number of hydrogen-bond acceptors (Lipinski definition) is 4. The Hall–Kier alpha value is -1.75. The molecule has 1 heterocycles. The van der Waals surface area contributed by atoms with Gasteiger partial charge < -0.3 is 10.1 Å². The molecule has 0 bridgehead atoms. The first kappa shape index (κ1) is 10.8. The number of nitrogens with one attached hydrogen (secondary N) is 1. The molecule has 5 nitrogen and oxygen atoms in total. The van der Waals surface area contributed by atoms with Crippen molar-refractivity contribution in [1.82, 2.24) is 0 Å². The Labute approximate surface area is 96.8 Å². The number of nitrogens with zero attached hydrogens (tertiary/aromatic N) is 1. The summed E-state index contributed by atoms with van der Waals surface area (Å²) in [7, 11) is 0. The number of nitro groups is 1. The Bertz CT molecular complexity index is 462. The molecule has 16 heavy (non-hydrogen) atoms. The minimum Gasteiger partial charge on any atom is -0.482 e. The lowest BCUT2D eigenvalue weighted by Gasteiger charge is -2.25. The van der Waals surface area contributed by atoms with E-state index in [-0.39, 0.29) is 16.8 Å². The molecule has 0 saturated heterocycles. The third-order valence-corrected chi connectivity index (χ3v) is 2.58. The van der Waals surface area contributed by atoms with Crippen LogP contribution in [0.1, 0.15) is 0 Å². The smallest absolute Gasteiger partial charge is 0.291 e. The summed E-state index contributed by atoms with van der Waals surface area (Å²) >= 11 is 5.77. The van der Waals surface area contributed by atoms with Gasteiger partial charge in [0.05, 0.1) is 23.2 Å². The zero-order chi connectivity index (χ0) is 11.7. The molecule has 0 radical (unpaired) electrons. The number of anilines is 1. The van der Waals surface area contributed by atoms with Crippen LogP contribution in [0.5, 0.6) is 5.75 Å². The van der Waals surface area contributed by atoms with Crippen LogP contribution in [0.25, 0.3) is 0 Å². The van der Waals surface area contributed by atoms with E-state index in [4.69, 9.17) is 16.3 Å². The number of hydrogen-bond donors (Lipinski definition) is 1. The van der Waals surface area contributed by atoms with Crippen LogP contribution in [0.4, 0.5) is 11.4 Å². The summed E-state index contributed by atoms with van der Waals surface area (Å²) in [6.45, 7) is 4.18. The predicted octanol–water partition coefficient (Wildman–Crippen LogP) is 2.61. The maximum atomic E-state index is 10.7. The minimum absolute atomic E-state index is 0.0944. The van der Waals surface area contributed by atoms with Gasteiger partial charge in [-0.25, -0.2) is 0 Å². The van der Waals surface area contributed by atoms with Crippen LogP contribution in [0.3, 0.4) is 0 Å². The number of nitro benzene ring substituents is 1. The van der Waals surface area contributed by atoms with Crippen LogP contribution in [0, 0.1) is 10.1 Å². The van der Waals surface area contributed by atoms with Gasteiger partial charge in [-0.1, -0.05) is 18.2 Å². The van der Waals surface area contributed by atoms with Crippen molar-refractivity contribution in [2.45, 2.75) is 6.10 Å². The van der Waals surface area contributed by atoms with Crippen LogP contribution in [0.15, 0.2) is 24.8 Å². The average Bonchev–Trinajstić information content (AvgIpc) is 2.27. The van der Waals surface area contributed by atoms with Crippen molar-refractivity contribution in [3.05, 3.63) is 39.9 Å². The second kappa shape index (κ2) is 4.02. The van der Waals surface area contributed by atoms with Gasteiger partial charge >= 0.3 is 0 Å². The van der Waals surface area contributed by atoms with E-state index in [2.05, 4.69) is 11.9 Å². The molecule has 0 aromatic heterocycles. The maximum absolute atomic E-state index is 10.7. The van der Waals surface area contributed by atoms with Crippen molar-refractivity contribution >= 4 is 23.0 Å². The van der Waals surface area contributed by atoms with Gasteiger partial charge in [-0.15, -0.1) is 0 Å². The average molecular weight is 241 g/mol. The summed E-state index contributed by atoms with van der Waals surface area (Å²) in [4.78, 5) is 10.1. The molecule has 1 N–H and O–H groups in total. The second-order valence-electron chi connectivity index (χ2n) is 3.33. The first-order chi connectivity index (χ1) is 7.61. The topological polar surface area (TPSA) is 64.4 Å². The van der Waals surface area contributed by atoms with Crippen LogP contribution >= 0.6 is 11.6 Å². The molecule has 0 fully saturated rings. The summed E-state index contributed by atoms with van der Waals surface area (Å²) in [5, 5.41) is 13.8. The summed E-state index contributed by atoms with van der Waals surface area (Å²) in [6.07, 6.45) is 1.45. The van der Waals surface area contributed by atoms with Crippen molar-refractivity contribution < 1.29 is 9.66 Å². The van der Waals surface area contributed by atoms with Crippen molar-refractivity contribution in [3.8, 4) is 5.75 Å². The summed E-state index contributed by atoms with van der Waals surface area (Å²) in [5.74, 6) is 0.423. The molecule has 0 amide bonds. The molecular weight excluding hydrogens is 232 g/mol. The summed E-state index contributed by atoms with van der Waals surface area (Å²) < 4.78 is 5.48. The first-order valence-corrected chi connectivity index (χ1v) is 5.00. The largest absolute Gasteiger partial charge is 0.482 e. The molecule has 0 spiro atoms. The Morgan fingerprint density at radius 2 is 2.44 bits per heavy atom. The third-order valence-electron chi connectivity index (χ3n) is 2.28. The molecule has 0 saturated carbocycles. The normalized spacial score (nSPS) is 17.9. The standard InChI is InChI=1S/C10H9ClN2O3/c1-2-6-5-12-8-3-7(11)9(13(14)15)4-10(8)16-6/h2-4,6,12H,1,5H2. The highest BCUT2D eigenvalue weighted by molar-refractivity contribution is 6.33. The van der Waals surface area contributed by atoms with Gasteiger partial charge in [-0.3, -0.25) is 10.1 Å². The van der Waals surface area contributed by atoms with Gasteiger partial charge in [0.25, 0.3) is 5.69 Å². The van der Waals surface area contributed by atoms with Crippen molar-refractivity contribution in [1.29, 1.82) is 0 Å². The monoisotopic (exact) mass is 240 g/mol. The predicted molar refractivity (Wildman–Crippen MR) is 61.2 cm³/mol. The molecule has 1 aliphatic heterocycles. The molecule has 84 valence electrons. The number of fused-ring (bicyclic) bond motifs is 1. The van der Waals surface area contributed by atoms with E-state index in [1.165, 1.54) is 12.1 Å². The highest BCUT2D eigenvalue weighted by atomic mass is 35.5. The molecule has 1 aromatic carbocycles. The number of ether oxygens (including phenoxy) is 1. The molecular formula is C10H9ClN2O3. The van der Waals surface area contributed by atoms with Crippen LogP contribution in [-0.2, 0) is 0 Å². The Kier molecular flexibility index (Phi) is 2.70. The fourth-order valence-electron chi connectivity index (χ4n) is 1.46. The Balaban J connectivity index is 2.43. The molecule has 2 rings (SSSR count). The quantitative estimate of drug-likeness (QED) is 0.490.